The predicted octanol–water partition coefficient (Wildman–Crippen LogP) is 2.75. The summed E-state index contributed by atoms with van der Waals surface area (Å²) in [6.07, 6.45) is -0.243. The number of ether oxygens (including phenoxy) is 1. The van der Waals surface area contributed by atoms with E-state index in [-0.39, 0.29) is 17.8 Å². The molecule has 0 atom stereocenters. The Balaban J connectivity index is 1.81. The van der Waals surface area contributed by atoms with Crippen molar-refractivity contribution < 1.29 is 23.5 Å². The first-order valence-electron chi connectivity index (χ1n) is 7.25. The Labute approximate surface area is 138 Å². The van der Waals surface area contributed by atoms with E-state index < -0.39 is 24.3 Å². The summed E-state index contributed by atoms with van der Waals surface area (Å²) in [6.45, 7) is 0.977. The topological polar surface area (TPSA) is 72.5 Å². The minimum Gasteiger partial charge on any atom is -0.455 e. The second-order valence-corrected chi connectivity index (χ2v) is 5.11. The molecule has 6 heteroatoms. The molecule has 1 amide bonds. The van der Waals surface area contributed by atoms with Crippen LogP contribution in [-0.2, 0) is 20.7 Å². The molecule has 124 valence electrons. The van der Waals surface area contributed by atoms with E-state index >= 15 is 0 Å². The largest absolute Gasteiger partial charge is 0.455 e. The van der Waals surface area contributed by atoms with E-state index in [0.29, 0.717) is 11.3 Å². The van der Waals surface area contributed by atoms with Crippen LogP contribution in [0.3, 0.4) is 0 Å². The first kappa shape index (κ1) is 17.3. The van der Waals surface area contributed by atoms with Crippen LogP contribution in [0.2, 0.25) is 0 Å². The van der Waals surface area contributed by atoms with Gasteiger partial charge in [0.1, 0.15) is 5.82 Å². The molecule has 0 bridgehead atoms. The van der Waals surface area contributed by atoms with Crippen molar-refractivity contribution in [2.24, 2.45) is 0 Å². The number of carbonyl (C=O) groups is 3. The molecule has 2 rings (SSSR count). The molecule has 0 aromatic heterocycles. The highest BCUT2D eigenvalue weighted by molar-refractivity contribution is 5.96. The monoisotopic (exact) mass is 329 g/mol. The first-order chi connectivity index (χ1) is 11.5. The third-order valence-corrected chi connectivity index (χ3v) is 3.23. The Morgan fingerprint density at radius 2 is 1.71 bits per heavy atom. The molecular weight excluding hydrogens is 313 g/mol. The number of nitrogens with one attached hydrogen (secondary N) is 1. The number of rotatable bonds is 6. The van der Waals surface area contributed by atoms with E-state index in [1.165, 1.54) is 25.1 Å². The van der Waals surface area contributed by atoms with Crippen LogP contribution >= 0.6 is 0 Å². The maximum atomic E-state index is 13.4. The summed E-state index contributed by atoms with van der Waals surface area (Å²) in [5, 5.41) is 2.54. The molecule has 0 saturated carbocycles. The second kappa shape index (κ2) is 8.01. The summed E-state index contributed by atoms with van der Waals surface area (Å²) in [5.74, 6) is -1.78. The number of carbonyl (C=O) groups excluding carboxylic acids is 3. The number of amides is 1. The van der Waals surface area contributed by atoms with Gasteiger partial charge in [-0.25, -0.2) is 4.39 Å². The van der Waals surface area contributed by atoms with E-state index in [1.54, 1.807) is 30.3 Å². The number of ketones is 1. The van der Waals surface area contributed by atoms with E-state index in [9.17, 15) is 18.8 Å². The highest BCUT2D eigenvalue weighted by Crippen LogP contribution is 2.10. The van der Waals surface area contributed by atoms with E-state index in [0.717, 1.165) is 0 Å². The summed E-state index contributed by atoms with van der Waals surface area (Å²) in [4.78, 5) is 34.5. The van der Waals surface area contributed by atoms with Gasteiger partial charge in [-0.1, -0.05) is 18.2 Å². The van der Waals surface area contributed by atoms with Crippen molar-refractivity contribution in [2.75, 3.05) is 11.9 Å². The molecular formula is C18H16FNO4. The van der Waals surface area contributed by atoms with Gasteiger partial charge in [0.25, 0.3) is 5.91 Å². The molecule has 2 aromatic carbocycles. The average molecular weight is 329 g/mol. The summed E-state index contributed by atoms with van der Waals surface area (Å²) in [6, 6.07) is 12.2. The predicted molar refractivity (Wildman–Crippen MR) is 86.1 cm³/mol. The normalized spacial score (nSPS) is 10.1. The molecule has 0 aliphatic rings. The van der Waals surface area contributed by atoms with Crippen molar-refractivity contribution in [1.29, 1.82) is 0 Å². The number of hydrogen-bond acceptors (Lipinski definition) is 4. The molecule has 0 saturated heterocycles. The molecule has 0 aliphatic carbocycles. The maximum absolute atomic E-state index is 13.4. The lowest BCUT2D eigenvalue weighted by molar-refractivity contribution is -0.146. The lowest BCUT2D eigenvalue weighted by atomic mass is 10.1. The molecule has 0 unspecified atom stereocenters. The third-order valence-electron chi connectivity index (χ3n) is 3.23. The van der Waals surface area contributed by atoms with Gasteiger partial charge < -0.3 is 10.1 Å². The van der Waals surface area contributed by atoms with Gasteiger partial charge in [-0.2, -0.15) is 0 Å². The fraction of sp³-hybridized carbons (Fsp3) is 0.167. The number of anilines is 1. The fourth-order valence-corrected chi connectivity index (χ4v) is 1.98. The standard InChI is InChI=1S/C18H16FNO4/c1-12(21)13-6-8-15(9-7-13)20-17(22)11-24-18(23)10-14-4-2-3-5-16(14)19/h2-9H,10-11H2,1H3,(H,20,22). The van der Waals surface area contributed by atoms with Crippen molar-refractivity contribution in [3.63, 3.8) is 0 Å². The van der Waals surface area contributed by atoms with Crippen LogP contribution in [0, 0.1) is 5.82 Å². The van der Waals surface area contributed by atoms with Crippen LogP contribution in [0.25, 0.3) is 0 Å². The molecule has 0 fully saturated rings. The molecule has 24 heavy (non-hydrogen) atoms. The SMILES string of the molecule is CC(=O)c1ccc(NC(=O)COC(=O)Cc2ccccc2F)cc1. The van der Waals surface area contributed by atoms with E-state index in [1.807, 2.05) is 0 Å². The van der Waals surface area contributed by atoms with Gasteiger partial charge >= 0.3 is 5.97 Å². The molecule has 5 nitrogen and oxygen atoms in total. The van der Waals surface area contributed by atoms with E-state index in [2.05, 4.69) is 5.32 Å². The summed E-state index contributed by atoms with van der Waals surface area (Å²) in [5.41, 5.74) is 1.22. The first-order valence-corrected chi connectivity index (χ1v) is 7.25. The molecule has 0 radical (unpaired) electrons. The quantitative estimate of drug-likeness (QED) is 0.653. The second-order valence-electron chi connectivity index (χ2n) is 5.11. The summed E-state index contributed by atoms with van der Waals surface area (Å²) in [7, 11) is 0. The van der Waals surface area contributed by atoms with Crippen LogP contribution in [0.1, 0.15) is 22.8 Å². The van der Waals surface area contributed by atoms with Gasteiger partial charge in [0.15, 0.2) is 12.4 Å². The Kier molecular flexibility index (Phi) is 5.78. The number of esters is 1. The van der Waals surface area contributed by atoms with Gasteiger partial charge in [0.05, 0.1) is 6.42 Å². The zero-order valence-electron chi connectivity index (χ0n) is 13.0. The van der Waals surface area contributed by atoms with Crippen molar-refractivity contribution in [1.82, 2.24) is 0 Å². The minimum atomic E-state index is -0.692. The zero-order valence-corrected chi connectivity index (χ0v) is 13.0. The van der Waals surface area contributed by atoms with Gasteiger partial charge in [0.2, 0.25) is 0 Å². The van der Waals surface area contributed by atoms with Gasteiger partial charge in [0, 0.05) is 11.3 Å². The Hall–Kier alpha value is -3.02. The van der Waals surface area contributed by atoms with Crippen LogP contribution < -0.4 is 5.32 Å². The van der Waals surface area contributed by atoms with Gasteiger partial charge in [-0.05, 0) is 42.8 Å². The fourth-order valence-electron chi connectivity index (χ4n) is 1.98. The van der Waals surface area contributed by atoms with Crippen molar-refractivity contribution in [3.05, 3.63) is 65.5 Å². The molecule has 1 N–H and O–H groups in total. The van der Waals surface area contributed by atoms with Gasteiger partial charge in [-0.3, -0.25) is 14.4 Å². The molecule has 0 spiro atoms. The number of hydrogen-bond donors (Lipinski definition) is 1. The van der Waals surface area contributed by atoms with Crippen molar-refractivity contribution in [3.8, 4) is 0 Å². The maximum Gasteiger partial charge on any atom is 0.310 e. The third kappa shape index (κ3) is 5.01. The highest BCUT2D eigenvalue weighted by atomic mass is 19.1. The van der Waals surface area contributed by atoms with Gasteiger partial charge in [-0.15, -0.1) is 0 Å². The Morgan fingerprint density at radius 1 is 1.04 bits per heavy atom. The van der Waals surface area contributed by atoms with Crippen LogP contribution in [-0.4, -0.2) is 24.3 Å². The average Bonchev–Trinajstić information content (AvgIpc) is 2.55. The number of benzene rings is 2. The smallest absolute Gasteiger partial charge is 0.310 e. The summed E-state index contributed by atoms with van der Waals surface area (Å²) >= 11 is 0. The van der Waals surface area contributed by atoms with Crippen LogP contribution in [0.5, 0.6) is 0 Å². The van der Waals surface area contributed by atoms with E-state index in [4.69, 9.17) is 4.74 Å². The number of Topliss-reactive ketones (excluding diaryl/α,β-unsaturated/α-hetero) is 1. The molecule has 0 heterocycles. The lowest BCUT2D eigenvalue weighted by Gasteiger charge is -2.07. The number of halogens is 1. The van der Waals surface area contributed by atoms with Crippen molar-refractivity contribution in [2.45, 2.75) is 13.3 Å². The lowest BCUT2D eigenvalue weighted by Crippen LogP contribution is -2.21. The minimum absolute atomic E-state index is 0.0741. The summed E-state index contributed by atoms with van der Waals surface area (Å²) < 4.78 is 18.2. The molecule has 0 aliphatic heterocycles. The Morgan fingerprint density at radius 3 is 2.33 bits per heavy atom. The van der Waals surface area contributed by atoms with Crippen molar-refractivity contribution >= 4 is 23.3 Å². The highest BCUT2D eigenvalue weighted by Gasteiger charge is 2.11. The Bertz CT molecular complexity index is 756. The van der Waals surface area contributed by atoms with Crippen LogP contribution in [0.15, 0.2) is 48.5 Å². The molecule has 2 aromatic rings. The zero-order chi connectivity index (χ0) is 17.5. The van der Waals surface area contributed by atoms with Crippen LogP contribution in [0.4, 0.5) is 10.1 Å².